The van der Waals surface area contributed by atoms with E-state index in [1.54, 1.807) is 36.7 Å². The number of rotatable bonds is 5. The Morgan fingerprint density at radius 3 is 2.32 bits per heavy atom. The molecule has 1 aliphatic rings. The predicted octanol–water partition coefficient (Wildman–Crippen LogP) is 2.15. The minimum atomic E-state index is -3.69. The first-order chi connectivity index (χ1) is 16.1. The Balaban J connectivity index is 1.62. The Hall–Kier alpha value is -3.15. The fourth-order valence-electron chi connectivity index (χ4n) is 3.55. The van der Waals surface area contributed by atoms with Gasteiger partial charge in [0.1, 0.15) is 5.82 Å². The molecule has 1 aromatic carbocycles. The first-order valence-corrected chi connectivity index (χ1v) is 12.5. The second-order valence-corrected chi connectivity index (χ2v) is 11.3. The van der Waals surface area contributed by atoms with Crippen molar-refractivity contribution in [2.45, 2.75) is 31.1 Å². The molecule has 0 radical (unpaired) electrons. The molecule has 3 heterocycles. The molecule has 0 unspecified atom stereocenters. The quantitative estimate of drug-likeness (QED) is 0.591. The van der Waals surface area contributed by atoms with Crippen LogP contribution in [0.2, 0.25) is 0 Å². The van der Waals surface area contributed by atoms with Crippen LogP contribution in [0.15, 0.2) is 53.7 Å². The van der Waals surface area contributed by atoms with Crippen LogP contribution in [0.4, 0.5) is 5.82 Å². The van der Waals surface area contributed by atoms with Crippen molar-refractivity contribution < 1.29 is 13.2 Å². The SMILES string of the molecule is CN1CCN(S(=O)(=O)c2cccc(C(=O)Nc3cc(C(C)(C)C)nn3-c3ncccn3)c2)CC1. The lowest BCUT2D eigenvalue weighted by atomic mass is 9.92. The summed E-state index contributed by atoms with van der Waals surface area (Å²) in [5, 5.41) is 7.44. The molecule has 10 nitrogen and oxygen atoms in total. The summed E-state index contributed by atoms with van der Waals surface area (Å²) in [4.78, 5) is 23.8. The molecular formula is C23H29N7O3S. The van der Waals surface area contributed by atoms with Crippen LogP contribution in [-0.2, 0) is 15.4 Å². The number of benzene rings is 1. The summed E-state index contributed by atoms with van der Waals surface area (Å²) in [6.45, 7) is 8.22. The Kier molecular flexibility index (Phi) is 6.52. The van der Waals surface area contributed by atoms with Crippen LogP contribution in [-0.4, -0.2) is 76.5 Å². The zero-order chi connectivity index (χ0) is 24.5. The molecule has 4 rings (SSSR count). The molecule has 0 aliphatic carbocycles. The van der Waals surface area contributed by atoms with Gasteiger partial charge in [-0.05, 0) is 31.3 Å². The van der Waals surface area contributed by atoms with Crippen molar-refractivity contribution in [3.05, 3.63) is 60.0 Å². The van der Waals surface area contributed by atoms with Gasteiger partial charge in [0.05, 0.1) is 10.6 Å². The van der Waals surface area contributed by atoms with E-state index in [2.05, 4.69) is 25.3 Å². The van der Waals surface area contributed by atoms with E-state index in [4.69, 9.17) is 0 Å². The highest BCUT2D eigenvalue weighted by Crippen LogP contribution is 2.26. The number of amides is 1. The van der Waals surface area contributed by atoms with Crippen LogP contribution in [0.25, 0.3) is 5.95 Å². The fraction of sp³-hybridized carbons (Fsp3) is 0.391. The normalized spacial score (nSPS) is 15.9. The predicted molar refractivity (Wildman–Crippen MR) is 129 cm³/mol. The Bertz CT molecular complexity index is 1280. The van der Waals surface area contributed by atoms with Crippen LogP contribution in [0.1, 0.15) is 36.8 Å². The van der Waals surface area contributed by atoms with Gasteiger partial charge >= 0.3 is 0 Å². The van der Waals surface area contributed by atoms with Crippen LogP contribution >= 0.6 is 0 Å². The molecule has 180 valence electrons. The summed E-state index contributed by atoms with van der Waals surface area (Å²) in [6.07, 6.45) is 3.19. The van der Waals surface area contributed by atoms with E-state index in [-0.39, 0.29) is 15.9 Å². The number of aromatic nitrogens is 4. The number of piperazine rings is 1. The lowest BCUT2D eigenvalue weighted by Crippen LogP contribution is -2.47. The standard InChI is InChI=1S/C23H29N7O3S/c1-23(2,3)19-16-20(30(27-19)22-24-9-6-10-25-22)26-21(31)17-7-5-8-18(15-17)34(32,33)29-13-11-28(4)12-14-29/h5-10,15-16H,11-14H2,1-4H3,(H,26,31). The van der Waals surface area contributed by atoms with Crippen LogP contribution in [0.5, 0.6) is 0 Å². The minimum absolute atomic E-state index is 0.0972. The van der Waals surface area contributed by atoms with Crippen molar-refractivity contribution in [3.8, 4) is 5.95 Å². The number of nitrogens with zero attached hydrogens (tertiary/aromatic N) is 6. The Labute approximate surface area is 199 Å². The van der Waals surface area contributed by atoms with E-state index in [0.717, 1.165) is 5.69 Å². The largest absolute Gasteiger partial charge is 0.306 e. The third-order valence-electron chi connectivity index (χ3n) is 5.66. The maximum Gasteiger partial charge on any atom is 0.256 e. The van der Waals surface area contributed by atoms with Crippen LogP contribution in [0.3, 0.4) is 0 Å². The number of nitrogens with one attached hydrogen (secondary N) is 1. The molecule has 1 saturated heterocycles. The van der Waals surface area contributed by atoms with E-state index in [1.165, 1.54) is 21.1 Å². The highest BCUT2D eigenvalue weighted by atomic mass is 32.2. The van der Waals surface area contributed by atoms with E-state index < -0.39 is 15.9 Å². The zero-order valence-corrected chi connectivity index (χ0v) is 20.6. The number of sulfonamides is 1. The van der Waals surface area contributed by atoms with Crippen molar-refractivity contribution >= 4 is 21.7 Å². The van der Waals surface area contributed by atoms with E-state index in [9.17, 15) is 13.2 Å². The molecular weight excluding hydrogens is 454 g/mol. The van der Waals surface area contributed by atoms with Crippen molar-refractivity contribution in [1.29, 1.82) is 0 Å². The molecule has 3 aromatic rings. The third-order valence-corrected chi connectivity index (χ3v) is 7.55. The highest BCUT2D eigenvalue weighted by Gasteiger charge is 2.28. The topological polar surface area (TPSA) is 113 Å². The maximum absolute atomic E-state index is 13.1. The fourth-order valence-corrected chi connectivity index (χ4v) is 5.02. The number of carbonyl (C=O) groups excluding carboxylic acids is 1. The van der Waals surface area contributed by atoms with Crippen LogP contribution in [0, 0.1) is 0 Å². The van der Waals surface area contributed by atoms with Gasteiger partial charge in [0.25, 0.3) is 11.9 Å². The molecule has 0 saturated carbocycles. The van der Waals surface area contributed by atoms with Crippen molar-refractivity contribution in [3.63, 3.8) is 0 Å². The summed E-state index contributed by atoms with van der Waals surface area (Å²) in [5.74, 6) is 0.265. The second kappa shape index (κ2) is 9.24. The lowest BCUT2D eigenvalue weighted by molar-refractivity contribution is 0.102. The molecule has 2 aromatic heterocycles. The molecule has 34 heavy (non-hydrogen) atoms. The lowest BCUT2D eigenvalue weighted by Gasteiger charge is -2.31. The van der Waals surface area contributed by atoms with Gasteiger partial charge in [-0.15, -0.1) is 0 Å². The highest BCUT2D eigenvalue weighted by molar-refractivity contribution is 7.89. The molecule has 1 aliphatic heterocycles. The van der Waals surface area contributed by atoms with Gasteiger partial charge < -0.3 is 10.2 Å². The average Bonchev–Trinajstić information content (AvgIpc) is 3.24. The first kappa shape index (κ1) is 24.0. The number of anilines is 1. The number of carbonyl (C=O) groups is 1. The van der Waals surface area contributed by atoms with E-state index >= 15 is 0 Å². The van der Waals surface area contributed by atoms with Gasteiger partial charge in [-0.3, -0.25) is 4.79 Å². The Morgan fingerprint density at radius 1 is 1.00 bits per heavy atom. The van der Waals surface area contributed by atoms with Crippen molar-refractivity contribution in [1.82, 2.24) is 29.0 Å². The average molecular weight is 484 g/mol. The smallest absolute Gasteiger partial charge is 0.256 e. The van der Waals surface area contributed by atoms with Gasteiger partial charge in [-0.1, -0.05) is 26.8 Å². The van der Waals surface area contributed by atoms with Crippen LogP contribution < -0.4 is 5.32 Å². The van der Waals surface area contributed by atoms with Crippen molar-refractivity contribution in [2.75, 3.05) is 38.5 Å². The number of hydrogen-bond donors (Lipinski definition) is 1. The molecule has 11 heteroatoms. The van der Waals surface area contributed by atoms with E-state index in [0.29, 0.717) is 37.9 Å². The van der Waals surface area contributed by atoms with Gasteiger partial charge in [0.2, 0.25) is 10.0 Å². The summed E-state index contributed by atoms with van der Waals surface area (Å²) in [7, 11) is -1.73. The monoisotopic (exact) mass is 483 g/mol. The molecule has 1 fully saturated rings. The number of hydrogen-bond acceptors (Lipinski definition) is 7. The van der Waals surface area contributed by atoms with Crippen molar-refractivity contribution in [2.24, 2.45) is 0 Å². The summed E-state index contributed by atoms with van der Waals surface area (Å²) in [6, 6.07) is 9.57. The van der Waals surface area contributed by atoms with Gasteiger partial charge in [0, 0.05) is 55.6 Å². The zero-order valence-electron chi connectivity index (χ0n) is 19.8. The van der Waals surface area contributed by atoms with E-state index in [1.807, 2.05) is 27.8 Å². The van der Waals surface area contributed by atoms with Gasteiger partial charge in [0.15, 0.2) is 0 Å². The minimum Gasteiger partial charge on any atom is -0.306 e. The van der Waals surface area contributed by atoms with Gasteiger partial charge in [-0.25, -0.2) is 18.4 Å². The molecule has 0 spiro atoms. The summed E-state index contributed by atoms with van der Waals surface area (Å²) < 4.78 is 29.2. The number of likely N-dealkylation sites (N-methyl/N-ethyl adjacent to an activating group) is 1. The molecule has 1 N–H and O–H groups in total. The van der Waals surface area contributed by atoms with Gasteiger partial charge in [-0.2, -0.15) is 14.1 Å². The molecule has 0 bridgehead atoms. The Morgan fingerprint density at radius 2 is 1.68 bits per heavy atom. The second-order valence-electron chi connectivity index (χ2n) is 9.31. The summed E-state index contributed by atoms with van der Waals surface area (Å²) >= 11 is 0. The maximum atomic E-state index is 13.1. The molecule has 1 amide bonds. The molecule has 0 atom stereocenters. The third kappa shape index (κ3) is 5.01. The first-order valence-electron chi connectivity index (χ1n) is 11.0. The summed E-state index contributed by atoms with van der Waals surface area (Å²) in [5.41, 5.74) is 0.714.